The van der Waals surface area contributed by atoms with Crippen molar-refractivity contribution in [2.45, 2.75) is 58.6 Å². The van der Waals surface area contributed by atoms with Crippen molar-refractivity contribution in [3.8, 4) is 0 Å². The first kappa shape index (κ1) is 22.5. The van der Waals surface area contributed by atoms with Crippen molar-refractivity contribution >= 4 is 12.1 Å². The lowest BCUT2D eigenvalue weighted by Crippen LogP contribution is -2.44. The molecule has 7 nitrogen and oxygen atoms in total. The minimum absolute atomic E-state index is 0.0719. The van der Waals surface area contributed by atoms with Crippen molar-refractivity contribution in [1.29, 1.82) is 0 Å². The molecule has 1 N–H and O–H groups in total. The van der Waals surface area contributed by atoms with Crippen LogP contribution in [-0.2, 0) is 9.47 Å². The highest BCUT2D eigenvalue weighted by molar-refractivity contribution is 5.79. The van der Waals surface area contributed by atoms with Crippen LogP contribution in [0.15, 0.2) is 4.99 Å². The SMILES string of the molecule is CN=C(NCCC(C)N(C)C(=O)OC(C)(C)C)N(C)CCOCC1CC1. The van der Waals surface area contributed by atoms with E-state index in [4.69, 9.17) is 9.47 Å². The minimum Gasteiger partial charge on any atom is -0.444 e. The van der Waals surface area contributed by atoms with Gasteiger partial charge in [-0.25, -0.2) is 4.79 Å². The van der Waals surface area contributed by atoms with Gasteiger partial charge in [-0.1, -0.05) is 0 Å². The van der Waals surface area contributed by atoms with Crippen molar-refractivity contribution in [3.63, 3.8) is 0 Å². The Morgan fingerprint density at radius 3 is 2.50 bits per heavy atom. The summed E-state index contributed by atoms with van der Waals surface area (Å²) in [5.74, 6) is 1.63. The quantitative estimate of drug-likeness (QED) is 0.384. The van der Waals surface area contributed by atoms with Crippen molar-refractivity contribution < 1.29 is 14.3 Å². The number of ether oxygens (including phenoxy) is 2. The summed E-state index contributed by atoms with van der Waals surface area (Å²) in [6.45, 7) is 10.8. The second kappa shape index (κ2) is 10.6. The van der Waals surface area contributed by atoms with Gasteiger partial charge in [-0.3, -0.25) is 4.99 Å². The van der Waals surface area contributed by atoms with Gasteiger partial charge in [0, 0.05) is 46.9 Å². The number of carbonyl (C=O) groups excluding carboxylic acids is 1. The molecule has 1 atom stereocenters. The predicted octanol–water partition coefficient (Wildman–Crippen LogP) is 2.57. The van der Waals surface area contributed by atoms with E-state index in [1.807, 2.05) is 34.7 Å². The summed E-state index contributed by atoms with van der Waals surface area (Å²) in [6.07, 6.45) is 3.14. The van der Waals surface area contributed by atoms with E-state index in [1.54, 1.807) is 19.0 Å². The van der Waals surface area contributed by atoms with E-state index in [2.05, 4.69) is 15.2 Å². The molecule has 1 unspecified atom stereocenters. The summed E-state index contributed by atoms with van der Waals surface area (Å²) in [5, 5.41) is 3.35. The topological polar surface area (TPSA) is 66.4 Å². The first-order valence-electron chi connectivity index (χ1n) is 9.59. The van der Waals surface area contributed by atoms with Crippen LogP contribution in [0.5, 0.6) is 0 Å². The van der Waals surface area contributed by atoms with Gasteiger partial charge in [0.25, 0.3) is 0 Å². The summed E-state index contributed by atoms with van der Waals surface area (Å²) in [7, 11) is 5.56. The number of aliphatic imine (C=N–C) groups is 1. The molecule has 7 heteroatoms. The minimum atomic E-state index is -0.477. The van der Waals surface area contributed by atoms with Gasteiger partial charge in [-0.05, 0) is 52.9 Å². The van der Waals surface area contributed by atoms with Crippen LogP contribution in [0.25, 0.3) is 0 Å². The van der Waals surface area contributed by atoms with Crippen LogP contribution in [0.3, 0.4) is 0 Å². The van der Waals surface area contributed by atoms with Crippen molar-refractivity contribution in [2.24, 2.45) is 10.9 Å². The molecule has 0 aliphatic heterocycles. The largest absolute Gasteiger partial charge is 0.444 e. The normalized spacial score (nSPS) is 16.2. The van der Waals surface area contributed by atoms with E-state index in [0.717, 1.165) is 38.0 Å². The second-order valence-electron chi connectivity index (χ2n) is 8.14. The molecule has 26 heavy (non-hydrogen) atoms. The molecule has 0 radical (unpaired) electrons. The van der Waals surface area contributed by atoms with E-state index in [0.29, 0.717) is 6.61 Å². The van der Waals surface area contributed by atoms with Gasteiger partial charge in [0.1, 0.15) is 5.60 Å². The van der Waals surface area contributed by atoms with E-state index in [9.17, 15) is 4.79 Å². The Balaban J connectivity index is 2.25. The first-order valence-corrected chi connectivity index (χ1v) is 9.59. The van der Waals surface area contributed by atoms with Crippen LogP contribution in [-0.4, -0.2) is 80.9 Å². The summed E-state index contributed by atoms with van der Waals surface area (Å²) in [5.41, 5.74) is -0.477. The standard InChI is InChI=1S/C19H38N4O3/c1-15(23(7)18(24)26-19(2,3)4)10-11-21-17(20-5)22(6)12-13-25-14-16-8-9-16/h15-16H,8-14H2,1-7H3,(H,20,21). The molecule has 1 saturated carbocycles. The average molecular weight is 371 g/mol. The lowest BCUT2D eigenvalue weighted by atomic mass is 10.2. The van der Waals surface area contributed by atoms with Crippen LogP contribution in [0.1, 0.15) is 47.0 Å². The Morgan fingerprint density at radius 1 is 1.31 bits per heavy atom. The number of nitrogens with one attached hydrogen (secondary N) is 1. The van der Waals surface area contributed by atoms with Crippen LogP contribution in [0, 0.1) is 5.92 Å². The lowest BCUT2D eigenvalue weighted by Gasteiger charge is -2.29. The van der Waals surface area contributed by atoms with Gasteiger partial charge >= 0.3 is 6.09 Å². The van der Waals surface area contributed by atoms with Crippen LogP contribution in [0.4, 0.5) is 4.79 Å². The number of guanidine groups is 1. The third-order valence-electron chi connectivity index (χ3n) is 4.38. The van der Waals surface area contributed by atoms with Gasteiger partial charge in [0.15, 0.2) is 5.96 Å². The third-order valence-corrected chi connectivity index (χ3v) is 4.38. The summed E-state index contributed by atoms with van der Waals surface area (Å²) >= 11 is 0. The predicted molar refractivity (Wildman–Crippen MR) is 106 cm³/mol. The zero-order valence-corrected chi connectivity index (χ0v) is 17.7. The zero-order valence-electron chi connectivity index (χ0n) is 17.7. The van der Waals surface area contributed by atoms with Crippen molar-refractivity contribution in [3.05, 3.63) is 0 Å². The Labute approximate surface area is 159 Å². The van der Waals surface area contributed by atoms with E-state index in [-0.39, 0.29) is 12.1 Å². The van der Waals surface area contributed by atoms with Gasteiger partial charge in [0.2, 0.25) is 0 Å². The summed E-state index contributed by atoms with van der Waals surface area (Å²) in [6, 6.07) is 0.0719. The molecule has 1 aliphatic rings. The second-order valence-corrected chi connectivity index (χ2v) is 8.14. The van der Waals surface area contributed by atoms with Crippen LogP contribution < -0.4 is 5.32 Å². The fourth-order valence-electron chi connectivity index (χ4n) is 2.33. The van der Waals surface area contributed by atoms with Gasteiger partial charge < -0.3 is 24.6 Å². The average Bonchev–Trinajstić information content (AvgIpc) is 3.37. The van der Waals surface area contributed by atoms with Gasteiger partial charge in [-0.2, -0.15) is 0 Å². The van der Waals surface area contributed by atoms with Crippen molar-refractivity contribution in [2.75, 3.05) is 47.4 Å². The maximum Gasteiger partial charge on any atom is 0.410 e. The molecule has 0 spiro atoms. The third kappa shape index (κ3) is 9.27. The molecular formula is C19H38N4O3. The Morgan fingerprint density at radius 2 is 1.96 bits per heavy atom. The number of likely N-dealkylation sites (N-methyl/N-ethyl adjacent to an activating group) is 1. The fourth-order valence-corrected chi connectivity index (χ4v) is 2.33. The molecule has 0 bridgehead atoms. The van der Waals surface area contributed by atoms with E-state index < -0.39 is 5.60 Å². The lowest BCUT2D eigenvalue weighted by molar-refractivity contribution is 0.0230. The molecule has 0 aromatic rings. The summed E-state index contributed by atoms with van der Waals surface area (Å²) in [4.78, 5) is 20.1. The smallest absolute Gasteiger partial charge is 0.410 e. The molecule has 1 amide bonds. The molecule has 1 rings (SSSR count). The highest BCUT2D eigenvalue weighted by Crippen LogP contribution is 2.28. The van der Waals surface area contributed by atoms with Crippen LogP contribution in [0.2, 0.25) is 0 Å². The number of nitrogens with zero attached hydrogens (tertiary/aromatic N) is 3. The number of rotatable bonds is 9. The molecule has 0 saturated heterocycles. The Bertz CT molecular complexity index is 458. The number of amides is 1. The molecular weight excluding hydrogens is 332 g/mol. The van der Waals surface area contributed by atoms with E-state index in [1.165, 1.54) is 12.8 Å². The number of hydrogen-bond acceptors (Lipinski definition) is 4. The van der Waals surface area contributed by atoms with E-state index >= 15 is 0 Å². The van der Waals surface area contributed by atoms with Gasteiger partial charge in [-0.15, -0.1) is 0 Å². The fraction of sp³-hybridized carbons (Fsp3) is 0.895. The number of carbonyl (C=O) groups is 1. The molecule has 152 valence electrons. The first-order chi connectivity index (χ1) is 12.1. The Hall–Kier alpha value is -1.50. The monoisotopic (exact) mass is 370 g/mol. The van der Waals surface area contributed by atoms with Crippen molar-refractivity contribution in [1.82, 2.24) is 15.1 Å². The molecule has 0 aromatic carbocycles. The maximum atomic E-state index is 12.1. The maximum absolute atomic E-state index is 12.1. The Kier molecular flexibility index (Phi) is 9.19. The molecule has 0 aromatic heterocycles. The highest BCUT2D eigenvalue weighted by Gasteiger charge is 2.23. The zero-order chi connectivity index (χ0) is 19.7. The summed E-state index contributed by atoms with van der Waals surface area (Å²) < 4.78 is 11.1. The van der Waals surface area contributed by atoms with Crippen LogP contribution >= 0.6 is 0 Å². The molecule has 1 fully saturated rings. The number of hydrogen-bond donors (Lipinski definition) is 1. The highest BCUT2D eigenvalue weighted by atomic mass is 16.6. The molecule has 0 heterocycles. The van der Waals surface area contributed by atoms with Gasteiger partial charge in [0.05, 0.1) is 6.61 Å². The molecule has 1 aliphatic carbocycles.